The van der Waals surface area contributed by atoms with Crippen LogP contribution in [0.4, 0.5) is 5.69 Å². The van der Waals surface area contributed by atoms with Crippen LogP contribution in [0.1, 0.15) is 63.2 Å². The van der Waals surface area contributed by atoms with Gasteiger partial charge in [0.05, 0.1) is 37.7 Å². The van der Waals surface area contributed by atoms with Gasteiger partial charge in [-0.05, 0) is 44.9 Å². The van der Waals surface area contributed by atoms with Gasteiger partial charge in [-0.1, -0.05) is 13.3 Å². The molecule has 3 rings (SSSR count). The molecule has 14 heteroatoms. The third-order valence-corrected chi connectivity index (χ3v) is 9.04. The second-order valence-electron chi connectivity index (χ2n) is 10.9. The molecule has 2 amide bonds. The third-order valence-electron chi connectivity index (χ3n) is 7.33. The van der Waals surface area contributed by atoms with Crippen LogP contribution in [0.2, 0.25) is 0 Å². The van der Waals surface area contributed by atoms with Crippen LogP contribution in [0.25, 0.3) is 0 Å². The minimum atomic E-state index is -3.89. The maximum absolute atomic E-state index is 13.7. The summed E-state index contributed by atoms with van der Waals surface area (Å²) in [6.45, 7) is 5.63. The number of aliphatic hydroxyl groups is 1. The summed E-state index contributed by atoms with van der Waals surface area (Å²) in [5.41, 5.74) is 0.600. The summed E-state index contributed by atoms with van der Waals surface area (Å²) in [5.74, 6) is -0.898. The first-order valence-electron chi connectivity index (χ1n) is 14.5. The van der Waals surface area contributed by atoms with E-state index in [0.717, 1.165) is 0 Å². The molecule has 1 aromatic carbocycles. The van der Waals surface area contributed by atoms with Crippen LogP contribution in [0, 0.1) is 5.92 Å². The Hall–Kier alpha value is -3.49. The van der Waals surface area contributed by atoms with Crippen LogP contribution in [0.5, 0.6) is 5.75 Å². The van der Waals surface area contributed by atoms with Crippen molar-refractivity contribution in [2.45, 2.75) is 70.0 Å². The fraction of sp³-hybridized carbons (Fsp3) is 0.586. The average molecular weight is 622 g/mol. The van der Waals surface area contributed by atoms with Gasteiger partial charge in [0, 0.05) is 51.3 Å². The molecule has 2 aromatic rings. The molecule has 238 valence electrons. The predicted octanol–water partition coefficient (Wildman–Crippen LogP) is 2.41. The minimum Gasteiger partial charge on any atom is -0.488 e. The van der Waals surface area contributed by atoms with Gasteiger partial charge >= 0.3 is 5.97 Å². The quantitative estimate of drug-likeness (QED) is 0.238. The van der Waals surface area contributed by atoms with Crippen LogP contribution >= 0.6 is 0 Å². The predicted molar refractivity (Wildman–Crippen MR) is 159 cm³/mol. The molecule has 1 aliphatic heterocycles. The van der Waals surface area contributed by atoms with Gasteiger partial charge in [-0.3, -0.25) is 14.4 Å². The number of fused-ring (bicyclic) bond motifs is 1. The highest BCUT2D eigenvalue weighted by Crippen LogP contribution is 2.31. The summed E-state index contributed by atoms with van der Waals surface area (Å²) in [6, 6.07) is 4.24. The van der Waals surface area contributed by atoms with E-state index in [4.69, 9.17) is 9.47 Å². The summed E-state index contributed by atoms with van der Waals surface area (Å²) in [4.78, 5) is 43.2. The number of nitrogens with zero attached hydrogens (tertiary/aromatic N) is 4. The number of unbranched alkanes of at least 4 members (excludes halogenated alkanes) is 2. The van der Waals surface area contributed by atoms with Crippen LogP contribution in [-0.4, -0.2) is 95.6 Å². The first kappa shape index (κ1) is 34.0. The first-order valence-corrected chi connectivity index (χ1v) is 15.9. The van der Waals surface area contributed by atoms with Gasteiger partial charge in [0.15, 0.2) is 5.03 Å². The van der Waals surface area contributed by atoms with Crippen molar-refractivity contribution in [2.24, 2.45) is 13.0 Å². The lowest BCUT2D eigenvalue weighted by Crippen LogP contribution is -2.50. The highest BCUT2D eigenvalue weighted by atomic mass is 32.2. The number of amides is 2. The van der Waals surface area contributed by atoms with Crippen molar-refractivity contribution in [1.82, 2.24) is 18.8 Å². The van der Waals surface area contributed by atoms with Gasteiger partial charge in [0.25, 0.3) is 15.9 Å². The number of carbonyl (C=O) groups excluding carboxylic acids is 3. The number of esters is 1. The first-order chi connectivity index (χ1) is 20.4. The molecule has 1 aromatic heterocycles. The largest absolute Gasteiger partial charge is 0.488 e. The number of aliphatic hydroxyl groups excluding tert-OH is 1. The van der Waals surface area contributed by atoms with Crippen molar-refractivity contribution in [1.29, 1.82) is 0 Å². The highest BCUT2D eigenvalue weighted by molar-refractivity contribution is 7.89. The standard InChI is InChI=1S/C29H43N5O8S/c1-6-41-28(37)11-9-7-8-10-26(36)31-22-12-13-24-23(14-22)29(38)34(21(3)18-35)15-20(2)25(42-24)16-33(5)43(39,40)27-17-32(4)19-30-27/h12-14,17,19-21,25,35H,6-11,15-16,18H2,1-5H3,(H,31,36)/t20-,21-,25+/m1/s1. The molecule has 0 saturated heterocycles. The molecular formula is C29H43N5O8S. The van der Waals surface area contributed by atoms with Crippen LogP contribution in [0.15, 0.2) is 35.7 Å². The maximum Gasteiger partial charge on any atom is 0.305 e. The number of hydrogen-bond acceptors (Lipinski definition) is 9. The summed E-state index contributed by atoms with van der Waals surface area (Å²) in [6.07, 6.45) is 4.67. The number of aryl methyl sites for hydroxylation is 1. The van der Waals surface area contributed by atoms with E-state index in [9.17, 15) is 27.9 Å². The number of hydrogen-bond donors (Lipinski definition) is 2. The monoisotopic (exact) mass is 621 g/mol. The molecule has 0 fully saturated rings. The Bertz CT molecular complexity index is 1380. The van der Waals surface area contributed by atoms with Crippen molar-refractivity contribution < 1.29 is 37.4 Å². The van der Waals surface area contributed by atoms with E-state index in [2.05, 4.69) is 10.3 Å². The summed E-state index contributed by atoms with van der Waals surface area (Å²) in [7, 11) is -0.757. The van der Waals surface area contributed by atoms with E-state index < -0.39 is 22.2 Å². The topological polar surface area (TPSA) is 160 Å². The summed E-state index contributed by atoms with van der Waals surface area (Å²) >= 11 is 0. The van der Waals surface area contributed by atoms with E-state index in [0.29, 0.717) is 38.0 Å². The summed E-state index contributed by atoms with van der Waals surface area (Å²) < 4.78 is 40.2. The Labute approximate surface area is 253 Å². The molecule has 43 heavy (non-hydrogen) atoms. The Morgan fingerprint density at radius 3 is 2.63 bits per heavy atom. The maximum atomic E-state index is 13.7. The molecule has 0 bridgehead atoms. The molecule has 0 aliphatic carbocycles. The molecule has 0 unspecified atom stereocenters. The Morgan fingerprint density at radius 1 is 1.26 bits per heavy atom. The summed E-state index contributed by atoms with van der Waals surface area (Å²) in [5, 5.41) is 12.6. The number of anilines is 1. The molecular weight excluding hydrogens is 578 g/mol. The SMILES string of the molecule is CCOC(=O)CCCCCC(=O)Nc1ccc2c(c1)C(=O)N([C@H](C)CO)C[C@@H](C)[C@H](CN(C)S(=O)(=O)c1cn(C)cn1)O2. The Morgan fingerprint density at radius 2 is 1.98 bits per heavy atom. The Balaban J connectivity index is 1.77. The lowest BCUT2D eigenvalue weighted by Gasteiger charge is -2.38. The molecule has 2 N–H and O–H groups in total. The smallest absolute Gasteiger partial charge is 0.305 e. The van der Waals surface area contributed by atoms with Crippen LogP contribution in [0.3, 0.4) is 0 Å². The molecule has 1 aliphatic rings. The van der Waals surface area contributed by atoms with Gasteiger partial charge in [-0.2, -0.15) is 4.31 Å². The van der Waals surface area contributed by atoms with Crippen LogP contribution in [-0.2, 0) is 31.4 Å². The molecule has 0 saturated carbocycles. The third kappa shape index (κ3) is 9.00. The number of rotatable bonds is 14. The molecule has 13 nitrogen and oxygen atoms in total. The molecule has 0 radical (unpaired) electrons. The number of nitrogens with one attached hydrogen (secondary N) is 1. The number of carbonyl (C=O) groups is 3. The zero-order valence-corrected chi connectivity index (χ0v) is 26.3. The average Bonchev–Trinajstić information content (AvgIpc) is 3.41. The van der Waals surface area contributed by atoms with Crippen molar-refractivity contribution in [3.63, 3.8) is 0 Å². The van der Waals surface area contributed by atoms with Gasteiger partial charge in [0.1, 0.15) is 11.9 Å². The van der Waals surface area contributed by atoms with E-state index in [1.54, 1.807) is 42.5 Å². The van der Waals surface area contributed by atoms with Crippen molar-refractivity contribution in [3.8, 4) is 5.75 Å². The molecule has 2 heterocycles. The fourth-order valence-electron chi connectivity index (χ4n) is 4.74. The normalized spacial score (nSPS) is 17.9. The molecule has 3 atom stereocenters. The van der Waals surface area contributed by atoms with Gasteiger partial charge < -0.3 is 29.4 Å². The van der Waals surface area contributed by atoms with E-state index >= 15 is 0 Å². The number of ether oxygens (including phenoxy) is 2. The van der Waals surface area contributed by atoms with Crippen molar-refractivity contribution in [3.05, 3.63) is 36.3 Å². The van der Waals surface area contributed by atoms with E-state index in [-0.39, 0.29) is 66.2 Å². The van der Waals surface area contributed by atoms with Gasteiger partial charge in [-0.25, -0.2) is 13.4 Å². The second kappa shape index (κ2) is 15.3. The Kier molecular flexibility index (Phi) is 12.1. The highest BCUT2D eigenvalue weighted by Gasteiger charge is 2.35. The zero-order valence-electron chi connectivity index (χ0n) is 25.5. The van der Waals surface area contributed by atoms with Crippen LogP contribution < -0.4 is 10.1 Å². The number of benzene rings is 1. The number of aromatic nitrogens is 2. The number of imidazole rings is 1. The van der Waals surface area contributed by atoms with E-state index in [1.807, 2.05) is 6.92 Å². The minimum absolute atomic E-state index is 0.0102. The van der Waals surface area contributed by atoms with Crippen molar-refractivity contribution >= 4 is 33.5 Å². The lowest BCUT2D eigenvalue weighted by molar-refractivity contribution is -0.143. The zero-order chi connectivity index (χ0) is 31.7. The lowest BCUT2D eigenvalue weighted by atomic mass is 9.99. The second-order valence-corrected chi connectivity index (χ2v) is 12.9. The number of likely N-dealkylation sites (N-methyl/N-ethyl adjacent to an activating group) is 1. The van der Waals surface area contributed by atoms with E-state index in [1.165, 1.54) is 29.9 Å². The molecule has 0 spiro atoms. The van der Waals surface area contributed by atoms with Gasteiger partial charge in [-0.15, -0.1) is 0 Å². The number of sulfonamides is 1. The van der Waals surface area contributed by atoms with Gasteiger partial charge in [0.2, 0.25) is 5.91 Å². The van der Waals surface area contributed by atoms with Crippen molar-refractivity contribution in [2.75, 3.05) is 38.7 Å². The fourth-order valence-corrected chi connectivity index (χ4v) is 5.88.